The van der Waals surface area contributed by atoms with E-state index in [1.807, 2.05) is 33.8 Å². The van der Waals surface area contributed by atoms with E-state index >= 15 is 0 Å². The largest absolute Gasteiger partial charge is 0.496 e. The number of guanidine groups is 1. The van der Waals surface area contributed by atoms with Crippen molar-refractivity contribution in [2.45, 2.75) is 52.3 Å². The van der Waals surface area contributed by atoms with Gasteiger partial charge in [-0.2, -0.15) is 0 Å². The van der Waals surface area contributed by atoms with Gasteiger partial charge in [0.2, 0.25) is 0 Å². The molecule has 1 unspecified atom stereocenters. The van der Waals surface area contributed by atoms with Crippen LogP contribution in [0.4, 0.5) is 4.79 Å². The van der Waals surface area contributed by atoms with Crippen molar-refractivity contribution in [3.8, 4) is 5.75 Å². The Balaban J connectivity index is 0.00000512. The summed E-state index contributed by atoms with van der Waals surface area (Å²) in [7, 11) is 2.85. The summed E-state index contributed by atoms with van der Waals surface area (Å²) in [4.78, 5) is 30.9. The average Bonchev–Trinajstić information content (AvgIpc) is 3.16. The third-order valence-electron chi connectivity index (χ3n) is 4.62. The number of aliphatic imine (C=N–C) groups is 1. The van der Waals surface area contributed by atoms with Gasteiger partial charge < -0.3 is 29.7 Å². The van der Waals surface area contributed by atoms with E-state index in [0.29, 0.717) is 24.4 Å². The number of esters is 1. The molecular formula is C22H35IN4O5. The van der Waals surface area contributed by atoms with Gasteiger partial charge >= 0.3 is 12.1 Å². The summed E-state index contributed by atoms with van der Waals surface area (Å²) in [6.07, 6.45) is 0.397. The lowest BCUT2D eigenvalue weighted by atomic mass is 10.1. The number of rotatable bonds is 6. The Morgan fingerprint density at radius 2 is 1.97 bits per heavy atom. The second-order valence-corrected chi connectivity index (χ2v) is 8.27. The fourth-order valence-electron chi connectivity index (χ4n) is 3.26. The van der Waals surface area contributed by atoms with Crippen LogP contribution in [-0.4, -0.2) is 68.4 Å². The van der Waals surface area contributed by atoms with Crippen molar-refractivity contribution < 1.29 is 23.8 Å². The van der Waals surface area contributed by atoms with Gasteiger partial charge in [-0.15, -0.1) is 24.0 Å². The maximum Gasteiger partial charge on any atom is 0.407 e. The third kappa shape index (κ3) is 8.36. The summed E-state index contributed by atoms with van der Waals surface area (Å²) in [6, 6.07) is 5.33. The predicted octanol–water partition coefficient (Wildman–Crippen LogP) is 3.16. The van der Waals surface area contributed by atoms with E-state index < -0.39 is 17.7 Å². The van der Waals surface area contributed by atoms with Crippen molar-refractivity contribution in [3.05, 3.63) is 29.3 Å². The highest BCUT2D eigenvalue weighted by atomic mass is 127. The lowest BCUT2D eigenvalue weighted by Crippen LogP contribution is -2.44. The van der Waals surface area contributed by atoms with E-state index in [4.69, 9.17) is 19.2 Å². The number of carbonyl (C=O) groups is 2. The van der Waals surface area contributed by atoms with E-state index in [9.17, 15) is 9.59 Å². The van der Waals surface area contributed by atoms with Crippen molar-refractivity contribution in [1.82, 2.24) is 15.5 Å². The first-order valence-corrected chi connectivity index (χ1v) is 10.4. The van der Waals surface area contributed by atoms with Crippen molar-refractivity contribution >= 4 is 42.0 Å². The minimum Gasteiger partial charge on any atom is -0.496 e. The van der Waals surface area contributed by atoms with Crippen LogP contribution >= 0.6 is 24.0 Å². The summed E-state index contributed by atoms with van der Waals surface area (Å²) in [6.45, 7) is 10.0. The molecule has 1 aromatic carbocycles. The zero-order valence-corrected chi connectivity index (χ0v) is 22.0. The van der Waals surface area contributed by atoms with Crippen LogP contribution in [-0.2, 0) is 16.0 Å². The third-order valence-corrected chi connectivity index (χ3v) is 4.62. The molecule has 1 aromatic rings. The average molecular weight is 562 g/mol. The number of alkyl carbamates (subject to hydrolysis) is 1. The molecule has 0 aliphatic carbocycles. The van der Waals surface area contributed by atoms with Gasteiger partial charge in [-0.1, -0.05) is 6.07 Å². The van der Waals surface area contributed by atoms with Gasteiger partial charge in [0.1, 0.15) is 16.9 Å². The van der Waals surface area contributed by atoms with Crippen LogP contribution in [0.3, 0.4) is 0 Å². The lowest BCUT2D eigenvalue weighted by molar-refractivity contribution is 0.0506. The van der Waals surface area contributed by atoms with Crippen LogP contribution in [0.2, 0.25) is 0 Å². The van der Waals surface area contributed by atoms with Crippen molar-refractivity contribution in [3.63, 3.8) is 0 Å². The molecule has 180 valence electrons. The Kier molecular flexibility index (Phi) is 11.0. The topological polar surface area (TPSA) is 101 Å². The molecule has 1 atom stereocenters. The highest BCUT2D eigenvalue weighted by Crippen LogP contribution is 2.21. The first-order chi connectivity index (χ1) is 14.7. The quantitative estimate of drug-likeness (QED) is 0.238. The molecule has 0 radical (unpaired) electrons. The van der Waals surface area contributed by atoms with E-state index in [0.717, 1.165) is 31.0 Å². The monoisotopic (exact) mass is 562 g/mol. The van der Waals surface area contributed by atoms with Gasteiger partial charge in [-0.3, -0.25) is 0 Å². The van der Waals surface area contributed by atoms with Gasteiger partial charge in [-0.25, -0.2) is 14.6 Å². The molecule has 0 aromatic heterocycles. The molecule has 2 N–H and O–H groups in total. The first-order valence-electron chi connectivity index (χ1n) is 10.4. The Morgan fingerprint density at radius 3 is 2.56 bits per heavy atom. The van der Waals surface area contributed by atoms with Crippen LogP contribution in [0, 0.1) is 0 Å². The number of halogens is 1. The molecule has 1 amide bonds. The molecule has 1 saturated heterocycles. The summed E-state index contributed by atoms with van der Waals surface area (Å²) in [5, 5.41) is 6.22. The van der Waals surface area contributed by atoms with E-state index in [1.165, 1.54) is 14.2 Å². The number of hydrogen-bond acceptors (Lipinski definition) is 6. The van der Waals surface area contributed by atoms with E-state index in [-0.39, 0.29) is 30.0 Å². The standard InChI is InChI=1S/C22H34N4O5.HI/c1-7-23-20(26-11-10-16(14-26)25-21(28)31-22(2,3)4)24-13-15-8-9-18(29-5)17(12-15)19(27)30-6;/h8-9,12,16H,7,10-11,13-14H2,1-6H3,(H,23,24)(H,25,28);1H. The molecule has 1 heterocycles. The van der Waals surface area contributed by atoms with Crippen LogP contribution in [0.25, 0.3) is 0 Å². The number of hydrogen-bond donors (Lipinski definition) is 2. The van der Waals surface area contributed by atoms with E-state index in [1.54, 1.807) is 12.1 Å². The molecule has 0 saturated carbocycles. The van der Waals surface area contributed by atoms with Crippen molar-refractivity contribution in [1.29, 1.82) is 0 Å². The van der Waals surface area contributed by atoms with Gasteiger partial charge in [0, 0.05) is 19.6 Å². The minimum absolute atomic E-state index is 0. The van der Waals surface area contributed by atoms with E-state index in [2.05, 4.69) is 15.5 Å². The normalized spacial score (nSPS) is 16.1. The second kappa shape index (κ2) is 12.7. The highest BCUT2D eigenvalue weighted by Gasteiger charge is 2.28. The Morgan fingerprint density at radius 1 is 1.25 bits per heavy atom. The summed E-state index contributed by atoms with van der Waals surface area (Å²) < 4.78 is 15.4. The van der Waals surface area contributed by atoms with Gasteiger partial charge in [0.25, 0.3) is 0 Å². The fourth-order valence-corrected chi connectivity index (χ4v) is 3.26. The Hall–Kier alpha value is -2.24. The maximum atomic E-state index is 12.0. The summed E-state index contributed by atoms with van der Waals surface area (Å²) in [5.41, 5.74) is 0.699. The molecule has 1 aliphatic rings. The maximum absolute atomic E-state index is 12.0. The molecule has 1 fully saturated rings. The molecule has 0 bridgehead atoms. The van der Waals surface area contributed by atoms with Crippen molar-refractivity contribution in [2.75, 3.05) is 33.9 Å². The van der Waals surface area contributed by atoms with Gasteiger partial charge in [0.15, 0.2) is 5.96 Å². The number of benzene rings is 1. The first kappa shape index (κ1) is 27.8. The molecule has 9 nitrogen and oxygen atoms in total. The lowest BCUT2D eigenvalue weighted by Gasteiger charge is -2.23. The molecule has 2 rings (SSSR count). The van der Waals surface area contributed by atoms with Crippen LogP contribution in [0.5, 0.6) is 5.75 Å². The Labute approximate surface area is 207 Å². The number of ether oxygens (including phenoxy) is 3. The second-order valence-electron chi connectivity index (χ2n) is 8.27. The molecule has 10 heteroatoms. The molecule has 0 spiro atoms. The molecule has 32 heavy (non-hydrogen) atoms. The summed E-state index contributed by atoms with van der Waals surface area (Å²) >= 11 is 0. The zero-order valence-electron chi connectivity index (χ0n) is 19.7. The molecular weight excluding hydrogens is 527 g/mol. The number of nitrogens with one attached hydrogen (secondary N) is 2. The highest BCUT2D eigenvalue weighted by molar-refractivity contribution is 14.0. The Bertz CT molecular complexity index is 810. The van der Waals surface area contributed by atoms with Gasteiger partial charge in [-0.05, 0) is 51.8 Å². The number of nitrogens with zero attached hydrogens (tertiary/aromatic N) is 2. The number of carbonyl (C=O) groups excluding carboxylic acids is 2. The van der Waals surface area contributed by atoms with Crippen LogP contribution in [0.15, 0.2) is 23.2 Å². The van der Waals surface area contributed by atoms with Crippen LogP contribution in [0.1, 0.15) is 50.0 Å². The minimum atomic E-state index is -0.528. The number of amides is 1. The van der Waals surface area contributed by atoms with Crippen molar-refractivity contribution in [2.24, 2.45) is 4.99 Å². The number of likely N-dealkylation sites (tertiary alicyclic amines) is 1. The predicted molar refractivity (Wildman–Crippen MR) is 134 cm³/mol. The SMILES string of the molecule is CCNC(=NCc1ccc(OC)c(C(=O)OC)c1)N1CCC(NC(=O)OC(C)(C)C)C1.I. The number of methoxy groups -OCH3 is 2. The molecule has 1 aliphatic heterocycles. The van der Waals surface area contributed by atoms with Crippen LogP contribution < -0.4 is 15.4 Å². The smallest absolute Gasteiger partial charge is 0.407 e. The summed E-state index contributed by atoms with van der Waals surface area (Å²) in [5.74, 6) is 0.763. The fraction of sp³-hybridized carbons (Fsp3) is 0.591. The zero-order chi connectivity index (χ0) is 23.0. The van der Waals surface area contributed by atoms with Gasteiger partial charge in [0.05, 0.1) is 26.8 Å².